The Morgan fingerprint density at radius 2 is 2.05 bits per heavy atom. The molecule has 1 aromatic carbocycles. The van der Waals surface area contributed by atoms with Crippen molar-refractivity contribution in [3.8, 4) is 5.75 Å². The van der Waals surface area contributed by atoms with Crippen LogP contribution in [0.5, 0.6) is 5.75 Å². The highest BCUT2D eigenvalue weighted by Crippen LogP contribution is 2.18. The van der Waals surface area contributed by atoms with Crippen molar-refractivity contribution in [2.45, 2.75) is 20.5 Å². The van der Waals surface area contributed by atoms with Gasteiger partial charge in [-0.25, -0.2) is 9.37 Å². The third kappa shape index (κ3) is 3.16. The molecule has 0 aliphatic heterocycles. The monoisotopic (exact) mass is 259 g/mol. The fraction of sp³-hybridized carbons (Fsp3) is 0.200. The van der Waals surface area contributed by atoms with Gasteiger partial charge in [-0.05, 0) is 49.2 Å². The Labute approximate surface area is 111 Å². The van der Waals surface area contributed by atoms with Crippen molar-refractivity contribution in [2.75, 3.05) is 0 Å². The largest absolute Gasteiger partial charge is 0.487 e. The van der Waals surface area contributed by atoms with E-state index >= 15 is 0 Å². The number of hydrogen-bond acceptors (Lipinski definition) is 3. The van der Waals surface area contributed by atoms with Gasteiger partial charge >= 0.3 is 0 Å². The Bertz CT molecular complexity index is 611. The van der Waals surface area contributed by atoms with E-state index in [0.29, 0.717) is 12.0 Å². The van der Waals surface area contributed by atoms with Crippen LogP contribution in [0.15, 0.2) is 30.3 Å². The first-order valence-electron chi connectivity index (χ1n) is 5.91. The molecule has 98 valence electrons. The van der Waals surface area contributed by atoms with E-state index in [-0.39, 0.29) is 18.1 Å². The lowest BCUT2D eigenvalue weighted by Gasteiger charge is -2.10. The molecule has 0 N–H and O–H groups in total. The highest BCUT2D eigenvalue weighted by Gasteiger charge is 2.07. The Morgan fingerprint density at radius 1 is 1.26 bits per heavy atom. The number of pyridine rings is 1. The van der Waals surface area contributed by atoms with E-state index in [1.54, 1.807) is 25.1 Å². The molecule has 0 bridgehead atoms. The van der Waals surface area contributed by atoms with Crippen molar-refractivity contribution in [2.24, 2.45) is 0 Å². The number of nitrogens with zero attached hydrogens (tertiary/aromatic N) is 1. The van der Waals surface area contributed by atoms with Gasteiger partial charge in [0.15, 0.2) is 6.29 Å². The topological polar surface area (TPSA) is 39.2 Å². The molecule has 2 aromatic rings. The van der Waals surface area contributed by atoms with Crippen LogP contribution >= 0.6 is 0 Å². The molecule has 19 heavy (non-hydrogen) atoms. The van der Waals surface area contributed by atoms with Gasteiger partial charge < -0.3 is 4.74 Å². The fourth-order valence-electron chi connectivity index (χ4n) is 1.72. The second kappa shape index (κ2) is 5.61. The summed E-state index contributed by atoms with van der Waals surface area (Å²) in [6.07, 6.45) is 0.654. The summed E-state index contributed by atoms with van der Waals surface area (Å²) in [5.41, 5.74) is 2.69. The summed E-state index contributed by atoms with van der Waals surface area (Å²) >= 11 is 0. The highest BCUT2D eigenvalue weighted by atomic mass is 19.1. The summed E-state index contributed by atoms with van der Waals surface area (Å²) < 4.78 is 18.7. The normalized spacial score (nSPS) is 10.3. The van der Waals surface area contributed by atoms with Gasteiger partial charge in [0.25, 0.3) is 0 Å². The maximum atomic E-state index is 13.1. The highest BCUT2D eigenvalue weighted by molar-refractivity contribution is 5.76. The summed E-state index contributed by atoms with van der Waals surface area (Å²) in [5.74, 6) is 0.103. The molecule has 4 heteroatoms. The van der Waals surface area contributed by atoms with E-state index in [2.05, 4.69) is 4.98 Å². The molecule has 0 unspecified atom stereocenters. The number of aryl methyl sites for hydroxylation is 2. The standard InChI is InChI=1S/C15H14FNO2/c1-10-3-5-13(16)7-12(10)9-19-15-6-4-11(2)17-14(15)8-18/h3-8H,9H2,1-2H3. The third-order valence-electron chi connectivity index (χ3n) is 2.83. The minimum Gasteiger partial charge on any atom is -0.487 e. The van der Waals surface area contributed by atoms with Crippen molar-refractivity contribution >= 4 is 6.29 Å². The van der Waals surface area contributed by atoms with Crippen LogP contribution in [0.4, 0.5) is 4.39 Å². The van der Waals surface area contributed by atoms with Gasteiger partial charge in [0.05, 0.1) is 0 Å². The molecule has 0 spiro atoms. The van der Waals surface area contributed by atoms with Gasteiger partial charge in [-0.2, -0.15) is 0 Å². The van der Waals surface area contributed by atoms with E-state index in [1.807, 2.05) is 6.92 Å². The van der Waals surface area contributed by atoms with Crippen molar-refractivity contribution in [3.05, 3.63) is 58.7 Å². The number of benzene rings is 1. The lowest BCUT2D eigenvalue weighted by molar-refractivity contribution is 0.111. The van der Waals surface area contributed by atoms with Gasteiger partial charge in [0.2, 0.25) is 0 Å². The Hall–Kier alpha value is -2.23. The maximum Gasteiger partial charge on any atom is 0.172 e. The number of carbonyl (C=O) groups excluding carboxylic acids is 1. The van der Waals surface area contributed by atoms with E-state index in [0.717, 1.165) is 16.8 Å². The number of ether oxygens (including phenoxy) is 1. The van der Waals surface area contributed by atoms with E-state index in [9.17, 15) is 9.18 Å². The molecule has 0 amide bonds. The minimum atomic E-state index is -0.304. The van der Waals surface area contributed by atoms with Gasteiger partial charge in [0.1, 0.15) is 23.9 Å². The number of hydrogen-bond donors (Lipinski definition) is 0. The number of aldehydes is 1. The molecule has 0 fully saturated rings. The van der Waals surface area contributed by atoms with E-state index in [4.69, 9.17) is 4.74 Å². The quantitative estimate of drug-likeness (QED) is 0.791. The molecule has 0 saturated heterocycles. The van der Waals surface area contributed by atoms with Crippen molar-refractivity contribution < 1.29 is 13.9 Å². The molecule has 0 saturated carbocycles. The number of rotatable bonds is 4. The van der Waals surface area contributed by atoms with E-state index in [1.165, 1.54) is 12.1 Å². The lowest BCUT2D eigenvalue weighted by Crippen LogP contribution is -2.02. The Kier molecular flexibility index (Phi) is 3.90. The second-order valence-corrected chi connectivity index (χ2v) is 4.31. The fourth-order valence-corrected chi connectivity index (χ4v) is 1.72. The minimum absolute atomic E-state index is 0.204. The van der Waals surface area contributed by atoms with Crippen LogP contribution in [0.25, 0.3) is 0 Å². The number of carbonyl (C=O) groups is 1. The molecule has 0 radical (unpaired) electrons. The van der Waals surface area contributed by atoms with Crippen molar-refractivity contribution in [1.82, 2.24) is 4.98 Å². The molecule has 0 aliphatic rings. The third-order valence-corrected chi connectivity index (χ3v) is 2.83. The molecule has 3 nitrogen and oxygen atoms in total. The second-order valence-electron chi connectivity index (χ2n) is 4.31. The van der Waals surface area contributed by atoms with Crippen LogP contribution in [-0.4, -0.2) is 11.3 Å². The zero-order valence-electron chi connectivity index (χ0n) is 10.8. The van der Waals surface area contributed by atoms with Gasteiger partial charge in [-0.1, -0.05) is 6.07 Å². The average Bonchev–Trinajstić information content (AvgIpc) is 2.40. The predicted molar refractivity (Wildman–Crippen MR) is 69.8 cm³/mol. The first kappa shape index (κ1) is 13.2. The molecule has 0 aliphatic carbocycles. The SMILES string of the molecule is Cc1ccc(OCc2cc(F)ccc2C)c(C=O)n1. The average molecular weight is 259 g/mol. The van der Waals surface area contributed by atoms with Gasteiger partial charge in [-0.3, -0.25) is 4.79 Å². The first-order valence-corrected chi connectivity index (χ1v) is 5.91. The van der Waals surface area contributed by atoms with Crippen LogP contribution in [0, 0.1) is 19.7 Å². The van der Waals surface area contributed by atoms with Gasteiger partial charge in [-0.15, -0.1) is 0 Å². The van der Waals surface area contributed by atoms with Crippen LogP contribution in [0.3, 0.4) is 0 Å². The van der Waals surface area contributed by atoms with E-state index < -0.39 is 0 Å². The van der Waals surface area contributed by atoms with Crippen LogP contribution in [-0.2, 0) is 6.61 Å². The van der Waals surface area contributed by atoms with Crippen molar-refractivity contribution in [1.29, 1.82) is 0 Å². The maximum absolute atomic E-state index is 13.1. The number of aromatic nitrogens is 1. The van der Waals surface area contributed by atoms with Crippen LogP contribution < -0.4 is 4.74 Å². The lowest BCUT2D eigenvalue weighted by atomic mass is 10.1. The van der Waals surface area contributed by atoms with Crippen LogP contribution in [0.1, 0.15) is 27.3 Å². The molecule has 1 heterocycles. The summed E-state index contributed by atoms with van der Waals surface area (Å²) in [7, 11) is 0. The molecule has 0 atom stereocenters. The predicted octanol–water partition coefficient (Wildman–Crippen LogP) is 3.23. The van der Waals surface area contributed by atoms with Gasteiger partial charge in [0, 0.05) is 5.69 Å². The summed E-state index contributed by atoms with van der Waals surface area (Å²) in [4.78, 5) is 15.0. The summed E-state index contributed by atoms with van der Waals surface area (Å²) in [5, 5.41) is 0. The zero-order chi connectivity index (χ0) is 13.8. The Balaban J connectivity index is 2.18. The molecule has 1 aromatic heterocycles. The summed E-state index contributed by atoms with van der Waals surface area (Å²) in [6, 6.07) is 7.99. The smallest absolute Gasteiger partial charge is 0.172 e. The first-order chi connectivity index (χ1) is 9.10. The van der Waals surface area contributed by atoms with Crippen LogP contribution in [0.2, 0.25) is 0 Å². The molecule has 2 rings (SSSR count). The number of halogens is 1. The zero-order valence-corrected chi connectivity index (χ0v) is 10.8. The Morgan fingerprint density at radius 3 is 2.79 bits per heavy atom. The molecular formula is C15H14FNO2. The summed E-state index contributed by atoms with van der Waals surface area (Å²) in [6.45, 7) is 3.88. The molecular weight excluding hydrogens is 245 g/mol. The van der Waals surface area contributed by atoms with Crippen molar-refractivity contribution in [3.63, 3.8) is 0 Å².